The van der Waals surface area contributed by atoms with Crippen molar-refractivity contribution in [2.45, 2.75) is 74.1 Å². The van der Waals surface area contributed by atoms with Gasteiger partial charge in [-0.2, -0.15) is 5.10 Å². The number of piperidine rings is 1. The van der Waals surface area contributed by atoms with Gasteiger partial charge < -0.3 is 4.90 Å². The van der Waals surface area contributed by atoms with Crippen molar-refractivity contribution in [3.8, 4) is 0 Å². The number of hydrogen-bond acceptors (Lipinski definition) is 5. The number of hydrogen-bond donors (Lipinski definition) is 2. The first-order chi connectivity index (χ1) is 15.0. The molecule has 1 aliphatic heterocycles. The molecule has 0 bridgehead atoms. The molecule has 0 spiro atoms. The van der Waals surface area contributed by atoms with E-state index in [2.05, 4.69) is 19.9 Å². The summed E-state index contributed by atoms with van der Waals surface area (Å²) < 4.78 is 28.3. The Morgan fingerprint density at radius 3 is 2.48 bits per heavy atom. The van der Waals surface area contributed by atoms with Crippen LogP contribution in [-0.2, 0) is 10.0 Å². The summed E-state index contributed by atoms with van der Waals surface area (Å²) in [6.45, 7) is 1.25. The van der Waals surface area contributed by atoms with Crippen LogP contribution in [0.1, 0.15) is 85.2 Å². The van der Waals surface area contributed by atoms with E-state index in [1.807, 2.05) is 4.90 Å². The van der Waals surface area contributed by atoms with Gasteiger partial charge >= 0.3 is 0 Å². The first-order valence-electron chi connectivity index (χ1n) is 11.3. The van der Waals surface area contributed by atoms with E-state index in [1.54, 1.807) is 18.2 Å². The average Bonchev–Trinajstić information content (AvgIpc) is 3.29. The van der Waals surface area contributed by atoms with Gasteiger partial charge in [-0.15, -0.1) is 0 Å². The summed E-state index contributed by atoms with van der Waals surface area (Å²) >= 11 is 0. The number of sulfonamides is 1. The summed E-state index contributed by atoms with van der Waals surface area (Å²) in [6.07, 6.45) is 7.86. The predicted octanol–water partition coefficient (Wildman–Crippen LogP) is 2.92. The molecule has 1 aromatic heterocycles. The monoisotopic (exact) mass is 443 g/mol. The molecule has 0 unspecified atom stereocenters. The molecule has 166 valence electrons. The van der Waals surface area contributed by atoms with Crippen molar-refractivity contribution in [3.05, 3.63) is 41.5 Å². The molecule has 2 aromatic rings. The molecule has 1 saturated heterocycles. The van der Waals surface area contributed by atoms with Gasteiger partial charge in [0.05, 0.1) is 4.90 Å². The molecule has 9 heteroatoms. The number of carbonyl (C=O) groups excluding carboxylic acids is 1. The zero-order chi connectivity index (χ0) is 21.4. The molecule has 2 heterocycles. The van der Waals surface area contributed by atoms with E-state index < -0.39 is 10.0 Å². The lowest BCUT2D eigenvalue weighted by Gasteiger charge is -2.31. The summed E-state index contributed by atoms with van der Waals surface area (Å²) in [5.41, 5.74) is 0.420. The van der Waals surface area contributed by atoms with Crippen molar-refractivity contribution in [1.29, 1.82) is 0 Å². The molecule has 31 heavy (non-hydrogen) atoms. The topological polar surface area (TPSA) is 108 Å². The fraction of sp³-hybridized carbons (Fsp3) is 0.591. The van der Waals surface area contributed by atoms with Gasteiger partial charge in [-0.3, -0.25) is 9.89 Å². The highest BCUT2D eigenvalue weighted by Gasteiger charge is 2.31. The first kappa shape index (κ1) is 20.6. The van der Waals surface area contributed by atoms with Gasteiger partial charge in [0.25, 0.3) is 5.91 Å². The van der Waals surface area contributed by atoms with Crippen molar-refractivity contribution >= 4 is 15.9 Å². The summed E-state index contributed by atoms with van der Waals surface area (Å²) in [6, 6.07) is 6.41. The van der Waals surface area contributed by atoms with Crippen molar-refractivity contribution in [3.63, 3.8) is 0 Å². The van der Waals surface area contributed by atoms with E-state index >= 15 is 0 Å². The van der Waals surface area contributed by atoms with Crippen LogP contribution in [0.4, 0.5) is 0 Å². The smallest absolute Gasteiger partial charge is 0.253 e. The highest BCUT2D eigenvalue weighted by molar-refractivity contribution is 7.89. The second-order valence-electron chi connectivity index (χ2n) is 9.05. The van der Waals surface area contributed by atoms with Crippen molar-refractivity contribution in [2.75, 3.05) is 13.1 Å². The SMILES string of the molecule is O=C(c1cccc(S(=O)(=O)NC2CCCC2)c1)N1CCC(c2nc(C3CC3)n[nH]2)CC1. The van der Waals surface area contributed by atoms with Gasteiger partial charge in [0, 0.05) is 36.5 Å². The molecular weight excluding hydrogens is 414 g/mol. The molecule has 1 aromatic carbocycles. The Morgan fingerprint density at radius 1 is 1.03 bits per heavy atom. The van der Waals surface area contributed by atoms with E-state index in [0.717, 1.165) is 50.2 Å². The minimum Gasteiger partial charge on any atom is -0.339 e. The maximum absolute atomic E-state index is 13.0. The van der Waals surface area contributed by atoms with E-state index in [-0.39, 0.29) is 22.8 Å². The Morgan fingerprint density at radius 2 is 1.77 bits per heavy atom. The number of nitrogens with zero attached hydrogens (tertiary/aromatic N) is 3. The zero-order valence-electron chi connectivity index (χ0n) is 17.6. The number of H-pyrrole nitrogens is 1. The van der Waals surface area contributed by atoms with Crippen LogP contribution in [0.25, 0.3) is 0 Å². The lowest BCUT2D eigenvalue weighted by Crippen LogP contribution is -2.38. The van der Waals surface area contributed by atoms with Crippen molar-refractivity contribution in [2.24, 2.45) is 0 Å². The number of nitrogens with one attached hydrogen (secondary N) is 2. The van der Waals surface area contributed by atoms with Crippen LogP contribution in [0.2, 0.25) is 0 Å². The van der Waals surface area contributed by atoms with Crippen LogP contribution in [0, 0.1) is 0 Å². The molecule has 0 radical (unpaired) electrons. The maximum atomic E-state index is 13.0. The number of benzene rings is 1. The molecule has 8 nitrogen and oxygen atoms in total. The molecule has 2 saturated carbocycles. The van der Waals surface area contributed by atoms with Gasteiger partial charge in [-0.1, -0.05) is 18.9 Å². The Balaban J connectivity index is 1.22. The average molecular weight is 444 g/mol. The second-order valence-corrected chi connectivity index (χ2v) is 10.8. The minimum atomic E-state index is -3.62. The Kier molecular flexibility index (Phi) is 5.56. The van der Waals surface area contributed by atoms with Gasteiger partial charge in [0.15, 0.2) is 5.82 Å². The van der Waals surface area contributed by atoms with E-state index in [0.29, 0.717) is 24.6 Å². The molecule has 2 aliphatic carbocycles. The summed E-state index contributed by atoms with van der Waals surface area (Å²) in [5.74, 6) is 2.55. The summed E-state index contributed by atoms with van der Waals surface area (Å²) in [5, 5.41) is 7.43. The first-order valence-corrected chi connectivity index (χ1v) is 12.8. The van der Waals surface area contributed by atoms with Crippen LogP contribution in [0.3, 0.4) is 0 Å². The van der Waals surface area contributed by atoms with Crippen molar-refractivity contribution < 1.29 is 13.2 Å². The van der Waals surface area contributed by atoms with Crippen LogP contribution in [0.5, 0.6) is 0 Å². The minimum absolute atomic E-state index is 0.0000865. The largest absolute Gasteiger partial charge is 0.339 e. The Bertz CT molecular complexity index is 1050. The number of likely N-dealkylation sites (tertiary alicyclic amines) is 1. The molecule has 1 amide bonds. The van der Waals surface area contributed by atoms with Crippen LogP contribution in [0.15, 0.2) is 29.2 Å². The standard InChI is InChI=1S/C22H29N5O3S/c28-22(17-4-3-7-19(14-17)31(29,30)26-18-5-1-2-6-18)27-12-10-16(11-13-27)21-23-20(24-25-21)15-8-9-15/h3-4,7,14-16,18,26H,1-2,5-6,8-13H2,(H,23,24,25). The lowest BCUT2D eigenvalue weighted by atomic mass is 9.95. The Labute approximate surface area is 182 Å². The highest BCUT2D eigenvalue weighted by atomic mass is 32.2. The third-order valence-electron chi connectivity index (χ3n) is 6.70. The van der Waals surface area contributed by atoms with Gasteiger partial charge in [0.1, 0.15) is 5.82 Å². The number of aromatic amines is 1. The van der Waals surface area contributed by atoms with Crippen LogP contribution >= 0.6 is 0 Å². The predicted molar refractivity (Wildman–Crippen MR) is 115 cm³/mol. The van der Waals surface area contributed by atoms with E-state index in [9.17, 15) is 13.2 Å². The molecule has 2 N–H and O–H groups in total. The fourth-order valence-corrected chi connectivity index (χ4v) is 6.01. The third kappa shape index (κ3) is 4.52. The summed E-state index contributed by atoms with van der Waals surface area (Å²) in [7, 11) is -3.62. The molecular formula is C22H29N5O3S. The van der Waals surface area contributed by atoms with E-state index in [1.165, 1.54) is 18.9 Å². The van der Waals surface area contributed by atoms with Crippen molar-refractivity contribution in [1.82, 2.24) is 24.8 Å². The summed E-state index contributed by atoms with van der Waals surface area (Å²) in [4.78, 5) is 19.7. The molecule has 0 atom stereocenters. The van der Waals surface area contributed by atoms with Gasteiger partial charge in [0.2, 0.25) is 10.0 Å². The molecule has 3 fully saturated rings. The quantitative estimate of drug-likeness (QED) is 0.714. The Hall–Kier alpha value is -2.26. The highest BCUT2D eigenvalue weighted by Crippen LogP contribution is 2.38. The normalized spacial score (nSPS) is 21.0. The molecule has 5 rings (SSSR count). The number of rotatable bonds is 6. The number of amides is 1. The zero-order valence-corrected chi connectivity index (χ0v) is 18.4. The van der Waals surface area contributed by atoms with Crippen LogP contribution < -0.4 is 4.72 Å². The third-order valence-corrected chi connectivity index (χ3v) is 8.22. The fourth-order valence-electron chi connectivity index (χ4n) is 4.66. The van der Waals surface area contributed by atoms with Gasteiger partial charge in [-0.05, 0) is 56.7 Å². The maximum Gasteiger partial charge on any atom is 0.253 e. The lowest BCUT2D eigenvalue weighted by molar-refractivity contribution is 0.0711. The molecule has 3 aliphatic rings. The second kappa shape index (κ2) is 8.35. The number of aromatic nitrogens is 3. The van der Waals surface area contributed by atoms with E-state index in [4.69, 9.17) is 0 Å². The number of carbonyl (C=O) groups is 1. The van der Waals surface area contributed by atoms with Gasteiger partial charge in [-0.25, -0.2) is 18.1 Å². The van der Waals surface area contributed by atoms with Crippen LogP contribution in [-0.4, -0.2) is 53.5 Å².